The van der Waals surface area contributed by atoms with Crippen LogP contribution in [0.5, 0.6) is 0 Å². The van der Waals surface area contributed by atoms with Crippen molar-refractivity contribution in [2.75, 3.05) is 5.32 Å². The van der Waals surface area contributed by atoms with E-state index in [1.807, 2.05) is 22.6 Å². The molecule has 0 heterocycles. The van der Waals surface area contributed by atoms with Crippen LogP contribution >= 0.6 is 34.2 Å². The van der Waals surface area contributed by atoms with Crippen molar-refractivity contribution in [1.82, 2.24) is 0 Å². The van der Waals surface area contributed by atoms with Gasteiger partial charge in [0.15, 0.2) is 0 Å². The molecule has 0 aliphatic rings. The molecule has 0 aliphatic carbocycles. The molecule has 0 saturated heterocycles. The van der Waals surface area contributed by atoms with E-state index in [9.17, 15) is 13.2 Å². The molecule has 1 unspecified atom stereocenters. The maximum absolute atomic E-state index is 13.2. The lowest BCUT2D eigenvalue weighted by molar-refractivity contribution is -0.144. The van der Waals surface area contributed by atoms with Gasteiger partial charge in [-0.15, -0.1) is 0 Å². The van der Waals surface area contributed by atoms with Crippen LogP contribution in [0.2, 0.25) is 5.02 Å². The van der Waals surface area contributed by atoms with Crippen molar-refractivity contribution in [3.8, 4) is 0 Å². The number of hydrogen-bond acceptors (Lipinski definition) is 1. The minimum atomic E-state index is -4.41. The molecule has 1 N–H and O–H groups in total. The van der Waals surface area contributed by atoms with E-state index >= 15 is 0 Å². The maximum Gasteiger partial charge on any atom is 0.412 e. The number of rotatable bonds is 3. The molecule has 1 nitrogen and oxygen atoms in total. The van der Waals surface area contributed by atoms with Crippen LogP contribution in [0.1, 0.15) is 11.6 Å². The summed E-state index contributed by atoms with van der Waals surface area (Å²) in [4.78, 5) is 0. The van der Waals surface area contributed by atoms with Gasteiger partial charge in [-0.25, -0.2) is 0 Å². The molecule has 6 heteroatoms. The summed E-state index contributed by atoms with van der Waals surface area (Å²) < 4.78 is 40.4. The van der Waals surface area contributed by atoms with Gasteiger partial charge in [0.25, 0.3) is 0 Å². The fourth-order valence-electron chi connectivity index (χ4n) is 1.76. The van der Waals surface area contributed by atoms with Gasteiger partial charge in [-0.1, -0.05) is 41.9 Å². The first-order valence-electron chi connectivity index (χ1n) is 5.71. The second kappa shape index (κ2) is 6.22. The summed E-state index contributed by atoms with van der Waals surface area (Å²) in [6, 6.07) is 10.8. The van der Waals surface area contributed by atoms with Crippen molar-refractivity contribution < 1.29 is 13.2 Å². The Bertz CT molecular complexity index is 587. The molecule has 0 amide bonds. The summed E-state index contributed by atoms with van der Waals surface area (Å²) in [5, 5.41) is 2.74. The predicted molar refractivity (Wildman–Crippen MR) is 83.0 cm³/mol. The van der Waals surface area contributed by atoms with Gasteiger partial charge in [0.2, 0.25) is 0 Å². The normalized spacial score (nSPS) is 13.1. The highest BCUT2D eigenvalue weighted by atomic mass is 127. The average molecular weight is 412 g/mol. The second-order valence-corrected chi connectivity index (χ2v) is 5.81. The van der Waals surface area contributed by atoms with Gasteiger partial charge in [-0.05, 0) is 46.4 Å². The first-order valence-corrected chi connectivity index (χ1v) is 7.17. The van der Waals surface area contributed by atoms with Gasteiger partial charge in [-0.2, -0.15) is 13.2 Å². The molecule has 2 aromatic carbocycles. The molecule has 0 aliphatic heterocycles. The Balaban J connectivity index is 2.34. The highest BCUT2D eigenvalue weighted by Crippen LogP contribution is 2.37. The zero-order valence-electron chi connectivity index (χ0n) is 10.1. The zero-order chi connectivity index (χ0) is 14.8. The predicted octanol–water partition coefficient (Wildman–Crippen LogP) is 5.66. The van der Waals surface area contributed by atoms with E-state index in [0.717, 1.165) is 3.57 Å². The molecule has 106 valence electrons. The summed E-state index contributed by atoms with van der Waals surface area (Å²) in [5.41, 5.74) is 0.410. The lowest BCUT2D eigenvalue weighted by Crippen LogP contribution is -2.28. The van der Waals surface area contributed by atoms with E-state index < -0.39 is 12.2 Å². The first-order chi connectivity index (χ1) is 9.38. The fraction of sp³-hybridized carbons (Fsp3) is 0.143. The molecular formula is C14H10ClF3IN. The Hall–Kier alpha value is -0.950. The SMILES string of the molecule is FC(F)(F)C(Nc1ccc(I)cc1Cl)c1ccccc1. The Kier molecular flexibility index (Phi) is 4.80. The molecule has 2 aromatic rings. The van der Waals surface area contributed by atoms with Gasteiger partial charge in [0.05, 0.1) is 10.7 Å². The molecular weight excluding hydrogens is 402 g/mol. The first kappa shape index (κ1) is 15.4. The number of alkyl halides is 3. The monoisotopic (exact) mass is 411 g/mol. The summed E-state index contributed by atoms with van der Waals surface area (Å²) in [5.74, 6) is 0. The molecule has 0 spiro atoms. The number of halogens is 5. The summed E-state index contributed by atoms with van der Waals surface area (Å²) in [6.07, 6.45) is -4.41. The van der Waals surface area contributed by atoms with E-state index in [-0.39, 0.29) is 16.3 Å². The lowest BCUT2D eigenvalue weighted by atomic mass is 10.1. The van der Waals surface area contributed by atoms with Crippen molar-refractivity contribution >= 4 is 39.9 Å². The summed E-state index contributed by atoms with van der Waals surface area (Å²) in [7, 11) is 0. The minimum Gasteiger partial charge on any atom is -0.369 e. The standard InChI is InChI=1S/C14H10ClF3IN/c15-11-8-10(19)6-7-12(11)20-13(14(16,17)18)9-4-2-1-3-5-9/h1-8,13,20H. The van der Waals surface area contributed by atoms with Crippen LogP contribution < -0.4 is 5.32 Å². The number of anilines is 1. The van der Waals surface area contributed by atoms with Crippen LogP contribution in [0.15, 0.2) is 48.5 Å². The number of benzene rings is 2. The van der Waals surface area contributed by atoms with Crippen molar-refractivity contribution in [3.63, 3.8) is 0 Å². The van der Waals surface area contributed by atoms with Crippen LogP contribution in [0.4, 0.5) is 18.9 Å². The van der Waals surface area contributed by atoms with E-state index in [1.165, 1.54) is 12.1 Å². The quantitative estimate of drug-likeness (QED) is 0.643. The van der Waals surface area contributed by atoms with Crippen molar-refractivity contribution in [2.24, 2.45) is 0 Å². The van der Waals surface area contributed by atoms with Crippen molar-refractivity contribution in [2.45, 2.75) is 12.2 Å². The van der Waals surface area contributed by atoms with Gasteiger partial charge in [0.1, 0.15) is 6.04 Å². The van der Waals surface area contributed by atoms with Crippen LogP contribution in [-0.4, -0.2) is 6.18 Å². The van der Waals surface area contributed by atoms with Crippen LogP contribution in [0.3, 0.4) is 0 Å². The highest BCUT2D eigenvalue weighted by Gasteiger charge is 2.41. The molecule has 20 heavy (non-hydrogen) atoms. The molecule has 0 fully saturated rings. The molecule has 0 bridgehead atoms. The third-order valence-electron chi connectivity index (χ3n) is 2.69. The Morgan fingerprint density at radius 1 is 1.05 bits per heavy atom. The fourth-order valence-corrected chi connectivity index (χ4v) is 2.67. The Labute approximate surface area is 133 Å². The topological polar surface area (TPSA) is 12.0 Å². The van der Waals surface area contributed by atoms with Gasteiger partial charge < -0.3 is 5.32 Å². The minimum absolute atomic E-state index is 0.148. The molecule has 2 rings (SSSR count). The average Bonchev–Trinajstić information content (AvgIpc) is 2.37. The van der Waals surface area contributed by atoms with E-state index in [4.69, 9.17) is 11.6 Å². The van der Waals surface area contributed by atoms with E-state index in [0.29, 0.717) is 0 Å². The van der Waals surface area contributed by atoms with Crippen LogP contribution in [0, 0.1) is 3.57 Å². The lowest BCUT2D eigenvalue weighted by Gasteiger charge is -2.23. The van der Waals surface area contributed by atoms with Gasteiger partial charge in [-0.3, -0.25) is 0 Å². The Morgan fingerprint density at radius 2 is 1.70 bits per heavy atom. The van der Waals surface area contributed by atoms with E-state index in [1.54, 1.807) is 36.4 Å². The molecule has 1 atom stereocenters. The second-order valence-electron chi connectivity index (χ2n) is 4.15. The third-order valence-corrected chi connectivity index (χ3v) is 3.67. The molecule has 0 aromatic heterocycles. The highest BCUT2D eigenvalue weighted by molar-refractivity contribution is 14.1. The smallest absolute Gasteiger partial charge is 0.369 e. The number of nitrogens with one attached hydrogen (secondary N) is 1. The maximum atomic E-state index is 13.2. The molecule has 0 saturated carbocycles. The van der Waals surface area contributed by atoms with E-state index in [2.05, 4.69) is 5.32 Å². The van der Waals surface area contributed by atoms with Crippen LogP contribution in [-0.2, 0) is 0 Å². The van der Waals surface area contributed by atoms with Gasteiger partial charge >= 0.3 is 6.18 Å². The van der Waals surface area contributed by atoms with Crippen molar-refractivity contribution in [1.29, 1.82) is 0 Å². The largest absolute Gasteiger partial charge is 0.412 e. The summed E-state index contributed by atoms with van der Waals surface area (Å²) >= 11 is 8.03. The summed E-state index contributed by atoms with van der Waals surface area (Å²) in [6.45, 7) is 0. The number of hydrogen-bond donors (Lipinski definition) is 1. The third kappa shape index (κ3) is 3.79. The Morgan fingerprint density at radius 3 is 2.25 bits per heavy atom. The van der Waals surface area contributed by atoms with Crippen LogP contribution in [0.25, 0.3) is 0 Å². The molecule has 0 radical (unpaired) electrons. The van der Waals surface area contributed by atoms with Gasteiger partial charge in [0, 0.05) is 3.57 Å². The zero-order valence-corrected chi connectivity index (χ0v) is 13.0. The van der Waals surface area contributed by atoms with Crippen molar-refractivity contribution in [3.05, 3.63) is 62.7 Å².